The normalized spacial score (nSPS) is 21.7. The average molecular weight is 355 g/mol. The van der Waals surface area contributed by atoms with Gasteiger partial charge in [0.15, 0.2) is 12.0 Å². The quantitative estimate of drug-likeness (QED) is 0.527. The number of hydrogen-bond acceptors (Lipinski definition) is 8. The van der Waals surface area contributed by atoms with Crippen molar-refractivity contribution in [2.45, 2.75) is 33.0 Å². The largest absolute Gasteiger partial charge is 0.465 e. The van der Waals surface area contributed by atoms with Crippen molar-refractivity contribution in [3.63, 3.8) is 0 Å². The van der Waals surface area contributed by atoms with Crippen LogP contribution < -0.4 is 10.6 Å². The highest BCUT2D eigenvalue weighted by Gasteiger charge is 2.42. The number of amides is 2. The van der Waals surface area contributed by atoms with Gasteiger partial charge in [-0.25, -0.2) is 9.59 Å². The second kappa shape index (κ2) is 10.0. The van der Waals surface area contributed by atoms with E-state index in [0.29, 0.717) is 0 Å². The standard InChI is InChI=1S/C15H21N3O7/c1-4-22-13(19)10-7-9(8-16)25-12(18-15(21)24-6-3)11(10)17-14(20)23-5-2/h7,10-12H,4-6H2,1-3H3,(H,17,20)(H,18,21). The summed E-state index contributed by atoms with van der Waals surface area (Å²) in [4.78, 5) is 35.7. The molecular formula is C15H21N3O7. The van der Waals surface area contributed by atoms with Crippen molar-refractivity contribution in [3.8, 4) is 6.07 Å². The summed E-state index contributed by atoms with van der Waals surface area (Å²) in [6.45, 7) is 5.16. The molecule has 3 atom stereocenters. The zero-order valence-corrected chi connectivity index (χ0v) is 14.2. The lowest BCUT2D eigenvalue weighted by atomic mass is 9.95. The van der Waals surface area contributed by atoms with Gasteiger partial charge in [-0.15, -0.1) is 0 Å². The lowest BCUT2D eigenvalue weighted by Crippen LogP contribution is -2.59. The van der Waals surface area contributed by atoms with Gasteiger partial charge in [-0.1, -0.05) is 0 Å². The fourth-order valence-corrected chi connectivity index (χ4v) is 2.10. The second-order valence-corrected chi connectivity index (χ2v) is 4.71. The molecule has 0 saturated carbocycles. The highest BCUT2D eigenvalue weighted by Crippen LogP contribution is 2.23. The first-order valence-electron chi connectivity index (χ1n) is 7.78. The maximum atomic E-state index is 12.2. The van der Waals surface area contributed by atoms with Gasteiger partial charge in [0.25, 0.3) is 0 Å². The number of allylic oxidation sites excluding steroid dienone is 1. The number of esters is 1. The second-order valence-electron chi connectivity index (χ2n) is 4.71. The monoisotopic (exact) mass is 355 g/mol. The molecule has 2 amide bonds. The van der Waals surface area contributed by atoms with Crippen molar-refractivity contribution >= 4 is 18.2 Å². The minimum atomic E-state index is -1.22. The number of rotatable bonds is 6. The third-order valence-electron chi connectivity index (χ3n) is 3.06. The molecule has 3 unspecified atom stereocenters. The molecule has 0 bridgehead atoms. The highest BCUT2D eigenvalue weighted by molar-refractivity contribution is 5.78. The molecule has 1 aliphatic rings. The molecule has 0 saturated heterocycles. The molecule has 0 radical (unpaired) electrons. The predicted molar refractivity (Wildman–Crippen MR) is 82.8 cm³/mol. The van der Waals surface area contributed by atoms with Crippen LogP contribution in [0.25, 0.3) is 0 Å². The Balaban J connectivity index is 3.10. The molecule has 0 fully saturated rings. The van der Waals surface area contributed by atoms with Gasteiger partial charge in [0.2, 0.25) is 0 Å². The molecule has 1 rings (SSSR count). The minimum absolute atomic E-state index is 0.105. The topological polar surface area (TPSA) is 136 Å². The average Bonchev–Trinajstić information content (AvgIpc) is 2.56. The van der Waals surface area contributed by atoms with Crippen molar-refractivity contribution < 1.29 is 33.3 Å². The third kappa shape index (κ3) is 5.87. The number of nitrogens with one attached hydrogen (secondary N) is 2. The van der Waals surface area contributed by atoms with E-state index in [2.05, 4.69) is 10.6 Å². The summed E-state index contributed by atoms with van der Waals surface area (Å²) >= 11 is 0. The van der Waals surface area contributed by atoms with Crippen LogP contribution in [0.15, 0.2) is 11.8 Å². The van der Waals surface area contributed by atoms with Gasteiger partial charge in [-0.3, -0.25) is 10.1 Å². The lowest BCUT2D eigenvalue weighted by Gasteiger charge is -2.34. The lowest BCUT2D eigenvalue weighted by molar-refractivity contribution is -0.149. The smallest absolute Gasteiger partial charge is 0.410 e. The molecule has 138 valence electrons. The Hall–Kier alpha value is -2.96. The van der Waals surface area contributed by atoms with Crippen LogP contribution in [0.5, 0.6) is 0 Å². The summed E-state index contributed by atoms with van der Waals surface area (Å²) in [5.74, 6) is -1.93. The Bertz CT molecular complexity index is 570. The van der Waals surface area contributed by atoms with Crippen LogP contribution in [0.3, 0.4) is 0 Å². The predicted octanol–water partition coefficient (Wildman–Crippen LogP) is 0.790. The van der Waals surface area contributed by atoms with Gasteiger partial charge in [0.05, 0.1) is 19.8 Å². The van der Waals surface area contributed by atoms with Crippen molar-refractivity contribution in [3.05, 3.63) is 11.8 Å². The molecule has 0 spiro atoms. The molecule has 0 aliphatic carbocycles. The molecular weight excluding hydrogens is 334 g/mol. The van der Waals surface area contributed by atoms with Gasteiger partial charge in [0.1, 0.15) is 18.0 Å². The molecule has 10 heteroatoms. The molecule has 0 aromatic heterocycles. The Morgan fingerprint density at radius 3 is 2.16 bits per heavy atom. The number of nitriles is 1. The zero-order chi connectivity index (χ0) is 18.8. The van der Waals surface area contributed by atoms with E-state index in [9.17, 15) is 14.4 Å². The molecule has 10 nitrogen and oxygen atoms in total. The van der Waals surface area contributed by atoms with Gasteiger partial charge in [0, 0.05) is 0 Å². The zero-order valence-electron chi connectivity index (χ0n) is 14.2. The minimum Gasteiger partial charge on any atom is -0.465 e. The van der Waals surface area contributed by atoms with Crippen LogP contribution in [0.1, 0.15) is 20.8 Å². The van der Waals surface area contributed by atoms with Crippen LogP contribution in [-0.2, 0) is 23.7 Å². The number of alkyl carbamates (subject to hydrolysis) is 2. The molecule has 2 N–H and O–H groups in total. The van der Waals surface area contributed by atoms with E-state index >= 15 is 0 Å². The van der Waals surface area contributed by atoms with E-state index in [1.54, 1.807) is 26.8 Å². The van der Waals surface area contributed by atoms with E-state index in [0.717, 1.165) is 0 Å². The Morgan fingerprint density at radius 2 is 1.64 bits per heavy atom. The molecule has 25 heavy (non-hydrogen) atoms. The van der Waals surface area contributed by atoms with Crippen LogP contribution in [0.4, 0.5) is 9.59 Å². The van der Waals surface area contributed by atoms with Crippen LogP contribution in [0.2, 0.25) is 0 Å². The van der Waals surface area contributed by atoms with E-state index in [1.165, 1.54) is 6.08 Å². The number of hydrogen-bond donors (Lipinski definition) is 2. The van der Waals surface area contributed by atoms with Gasteiger partial charge >= 0.3 is 18.2 Å². The Kier molecular flexibility index (Phi) is 8.05. The van der Waals surface area contributed by atoms with E-state index in [4.69, 9.17) is 24.2 Å². The Morgan fingerprint density at radius 1 is 1.08 bits per heavy atom. The first-order chi connectivity index (χ1) is 12.0. The number of ether oxygens (including phenoxy) is 4. The van der Waals surface area contributed by atoms with Crippen LogP contribution in [-0.4, -0.2) is 50.2 Å². The van der Waals surface area contributed by atoms with Gasteiger partial charge < -0.3 is 24.3 Å². The number of carbonyl (C=O) groups excluding carboxylic acids is 3. The fourth-order valence-electron chi connectivity index (χ4n) is 2.10. The van der Waals surface area contributed by atoms with Crippen molar-refractivity contribution in [2.75, 3.05) is 19.8 Å². The van der Waals surface area contributed by atoms with Crippen LogP contribution in [0, 0.1) is 17.2 Å². The SMILES string of the molecule is CCOC(=O)NC1OC(C#N)=CC(C(=O)OCC)C1NC(=O)OCC. The Labute approximate surface area is 145 Å². The highest BCUT2D eigenvalue weighted by atomic mass is 16.6. The third-order valence-corrected chi connectivity index (χ3v) is 3.06. The van der Waals surface area contributed by atoms with Crippen molar-refractivity contribution in [1.29, 1.82) is 5.26 Å². The van der Waals surface area contributed by atoms with E-state index in [1.807, 2.05) is 0 Å². The first-order valence-corrected chi connectivity index (χ1v) is 7.78. The van der Waals surface area contributed by atoms with Crippen molar-refractivity contribution in [2.24, 2.45) is 5.92 Å². The van der Waals surface area contributed by atoms with Crippen molar-refractivity contribution in [1.82, 2.24) is 10.6 Å². The summed E-state index contributed by atoms with van der Waals surface area (Å²) in [6, 6.07) is 0.704. The summed E-state index contributed by atoms with van der Waals surface area (Å²) in [5.41, 5.74) is 0. The molecule has 0 aromatic rings. The first kappa shape index (κ1) is 20.1. The van der Waals surface area contributed by atoms with E-state index in [-0.39, 0.29) is 25.6 Å². The summed E-state index contributed by atoms with van der Waals surface area (Å²) in [7, 11) is 0. The number of carbonyl (C=O) groups is 3. The molecule has 0 aromatic carbocycles. The summed E-state index contributed by atoms with van der Waals surface area (Å²) in [6.07, 6.45) is -1.64. The van der Waals surface area contributed by atoms with Crippen LogP contribution >= 0.6 is 0 Å². The molecule has 1 aliphatic heterocycles. The summed E-state index contributed by atoms with van der Waals surface area (Å²) in [5, 5.41) is 13.9. The van der Waals surface area contributed by atoms with Gasteiger partial charge in [-0.05, 0) is 26.8 Å². The van der Waals surface area contributed by atoms with E-state index < -0.39 is 36.3 Å². The fraction of sp³-hybridized carbons (Fsp3) is 0.600. The maximum Gasteiger partial charge on any atom is 0.410 e. The molecule has 1 heterocycles. The number of nitrogens with zero attached hydrogens (tertiary/aromatic N) is 1. The maximum absolute atomic E-state index is 12.2. The summed E-state index contributed by atoms with van der Waals surface area (Å²) < 4.78 is 19.8. The van der Waals surface area contributed by atoms with Gasteiger partial charge in [-0.2, -0.15) is 5.26 Å².